The molecule has 0 aromatic heterocycles. The third-order valence-corrected chi connectivity index (χ3v) is 4.98. The Kier molecular flexibility index (Phi) is 4.44. The topological polar surface area (TPSA) is 29.5 Å². The number of benzene rings is 3. The molecule has 4 rings (SSSR count). The van der Waals surface area contributed by atoms with Gasteiger partial charge in [0.2, 0.25) is 0 Å². The second kappa shape index (κ2) is 7.04. The first-order valence-corrected chi connectivity index (χ1v) is 8.83. The van der Waals surface area contributed by atoms with E-state index in [1.165, 1.54) is 5.56 Å². The van der Waals surface area contributed by atoms with E-state index < -0.39 is 0 Å². The summed E-state index contributed by atoms with van der Waals surface area (Å²) in [5.74, 6) is 1.04. The molecule has 130 valence electrons. The van der Waals surface area contributed by atoms with Gasteiger partial charge in [0.15, 0.2) is 5.78 Å². The fourth-order valence-electron chi connectivity index (χ4n) is 3.75. The van der Waals surface area contributed by atoms with Gasteiger partial charge in [-0.2, -0.15) is 0 Å². The molecule has 0 aliphatic carbocycles. The quantitative estimate of drug-likeness (QED) is 0.671. The van der Waals surface area contributed by atoms with Crippen LogP contribution in [-0.2, 0) is 4.79 Å². The lowest BCUT2D eigenvalue weighted by Crippen LogP contribution is -2.27. The minimum Gasteiger partial charge on any atom is -0.497 e. The number of ether oxygens (including phenoxy) is 1. The van der Waals surface area contributed by atoms with Crippen LogP contribution in [0.4, 0.5) is 5.69 Å². The average Bonchev–Trinajstić information content (AvgIpc) is 3.06. The number of anilines is 1. The van der Waals surface area contributed by atoms with E-state index in [2.05, 4.69) is 29.2 Å². The van der Waals surface area contributed by atoms with Gasteiger partial charge in [0.25, 0.3) is 0 Å². The van der Waals surface area contributed by atoms with Gasteiger partial charge in [0.1, 0.15) is 11.8 Å². The first-order valence-electron chi connectivity index (χ1n) is 8.83. The molecular formula is C23H21NO2. The predicted octanol–water partition coefficient (Wildman–Crippen LogP) is 4.96. The van der Waals surface area contributed by atoms with E-state index in [1.54, 1.807) is 7.11 Å². The molecule has 1 saturated heterocycles. The van der Waals surface area contributed by atoms with Crippen molar-refractivity contribution < 1.29 is 9.53 Å². The Balaban J connectivity index is 1.79. The van der Waals surface area contributed by atoms with Crippen molar-refractivity contribution in [1.82, 2.24) is 0 Å². The monoisotopic (exact) mass is 343 g/mol. The number of methoxy groups -OCH3 is 1. The van der Waals surface area contributed by atoms with Gasteiger partial charge in [0, 0.05) is 12.1 Å². The molecule has 3 aromatic rings. The molecule has 0 bridgehead atoms. The molecule has 0 N–H and O–H groups in total. The van der Waals surface area contributed by atoms with Crippen LogP contribution in [0.3, 0.4) is 0 Å². The summed E-state index contributed by atoms with van der Waals surface area (Å²) in [6.45, 7) is 0. The van der Waals surface area contributed by atoms with Crippen molar-refractivity contribution in [3.05, 3.63) is 96.1 Å². The van der Waals surface area contributed by atoms with Crippen LogP contribution in [0.15, 0.2) is 84.9 Å². The van der Waals surface area contributed by atoms with Crippen molar-refractivity contribution >= 4 is 11.5 Å². The lowest BCUT2D eigenvalue weighted by atomic mass is 10.0. The van der Waals surface area contributed by atoms with Crippen LogP contribution in [0, 0.1) is 0 Å². The second-order valence-corrected chi connectivity index (χ2v) is 6.52. The molecule has 1 fully saturated rings. The van der Waals surface area contributed by atoms with Crippen LogP contribution in [0.25, 0.3) is 0 Å². The molecule has 1 aliphatic rings. The average molecular weight is 343 g/mol. The zero-order chi connectivity index (χ0) is 17.9. The van der Waals surface area contributed by atoms with Gasteiger partial charge >= 0.3 is 0 Å². The maximum atomic E-state index is 13.0. The number of Topliss-reactive ketones (excluding diaryl/α,β-unsaturated/α-hetero) is 1. The predicted molar refractivity (Wildman–Crippen MR) is 103 cm³/mol. The van der Waals surface area contributed by atoms with E-state index >= 15 is 0 Å². The van der Waals surface area contributed by atoms with Crippen LogP contribution in [0.2, 0.25) is 0 Å². The van der Waals surface area contributed by atoms with Crippen molar-refractivity contribution in [2.45, 2.75) is 18.5 Å². The molecule has 3 nitrogen and oxygen atoms in total. The van der Waals surface area contributed by atoms with Crippen LogP contribution >= 0.6 is 0 Å². The van der Waals surface area contributed by atoms with E-state index in [4.69, 9.17) is 4.74 Å². The summed E-state index contributed by atoms with van der Waals surface area (Å²) in [6.07, 6.45) is 0.510. The zero-order valence-electron chi connectivity index (χ0n) is 14.7. The first-order chi connectivity index (χ1) is 12.8. The lowest BCUT2D eigenvalue weighted by Gasteiger charge is -2.32. The van der Waals surface area contributed by atoms with Crippen molar-refractivity contribution in [1.29, 1.82) is 0 Å². The van der Waals surface area contributed by atoms with Gasteiger partial charge in [0.05, 0.1) is 13.2 Å². The number of ketones is 1. The van der Waals surface area contributed by atoms with Gasteiger partial charge in [-0.25, -0.2) is 0 Å². The van der Waals surface area contributed by atoms with Gasteiger partial charge in [-0.1, -0.05) is 60.7 Å². The van der Waals surface area contributed by atoms with Gasteiger partial charge < -0.3 is 9.64 Å². The standard InChI is InChI=1S/C23H21NO2/c1-26-20-14-12-18(13-15-20)23-22(25)16-21(17-8-4-2-5-9-17)24(23)19-10-6-3-7-11-19/h2-15,21,23H,16H2,1H3/t21-,23+/m1/s1. The second-order valence-electron chi connectivity index (χ2n) is 6.52. The Morgan fingerprint density at radius 1 is 0.808 bits per heavy atom. The van der Waals surface area contributed by atoms with E-state index in [-0.39, 0.29) is 17.9 Å². The summed E-state index contributed by atoms with van der Waals surface area (Å²) >= 11 is 0. The highest BCUT2D eigenvalue weighted by Crippen LogP contribution is 2.44. The summed E-state index contributed by atoms with van der Waals surface area (Å²) in [5, 5.41) is 0. The molecule has 1 aliphatic heterocycles. The highest BCUT2D eigenvalue weighted by molar-refractivity contribution is 5.93. The molecule has 0 spiro atoms. The number of nitrogens with zero attached hydrogens (tertiary/aromatic N) is 1. The van der Waals surface area contributed by atoms with Crippen LogP contribution in [0.5, 0.6) is 5.75 Å². The summed E-state index contributed by atoms with van der Waals surface area (Å²) in [4.78, 5) is 15.3. The Hall–Kier alpha value is -3.07. The largest absolute Gasteiger partial charge is 0.497 e. The highest BCUT2D eigenvalue weighted by Gasteiger charge is 2.41. The number of hydrogen-bond acceptors (Lipinski definition) is 3. The molecule has 1 heterocycles. The summed E-state index contributed by atoms with van der Waals surface area (Å²) in [7, 11) is 1.65. The maximum absolute atomic E-state index is 13.0. The number of para-hydroxylation sites is 1. The summed E-state index contributed by atoms with van der Waals surface area (Å²) in [6, 6.07) is 28.0. The minimum atomic E-state index is -0.284. The molecule has 3 aromatic carbocycles. The Labute approximate surface area is 153 Å². The molecule has 0 saturated carbocycles. The normalized spacial score (nSPS) is 19.6. The van der Waals surface area contributed by atoms with Gasteiger partial charge in [-0.15, -0.1) is 0 Å². The van der Waals surface area contributed by atoms with Crippen molar-refractivity contribution in [3.8, 4) is 5.75 Å². The fraction of sp³-hybridized carbons (Fsp3) is 0.174. The van der Waals surface area contributed by atoms with Gasteiger partial charge in [-0.05, 0) is 35.4 Å². The Bertz CT molecular complexity index is 875. The first kappa shape index (κ1) is 16.4. The third-order valence-electron chi connectivity index (χ3n) is 4.98. The minimum absolute atomic E-state index is 0.0400. The maximum Gasteiger partial charge on any atom is 0.162 e. The fourth-order valence-corrected chi connectivity index (χ4v) is 3.75. The van der Waals surface area contributed by atoms with Crippen molar-refractivity contribution in [2.75, 3.05) is 12.0 Å². The third kappa shape index (κ3) is 2.97. The molecule has 3 heteroatoms. The van der Waals surface area contributed by atoms with Crippen LogP contribution < -0.4 is 9.64 Å². The summed E-state index contributed by atoms with van der Waals surface area (Å²) < 4.78 is 5.26. The molecule has 2 atom stereocenters. The van der Waals surface area contributed by atoms with Gasteiger partial charge in [-0.3, -0.25) is 4.79 Å². The lowest BCUT2D eigenvalue weighted by molar-refractivity contribution is -0.118. The number of hydrogen-bond donors (Lipinski definition) is 0. The highest BCUT2D eigenvalue weighted by atomic mass is 16.5. The smallest absolute Gasteiger partial charge is 0.162 e. The molecule has 0 radical (unpaired) electrons. The number of carbonyl (C=O) groups excluding carboxylic acids is 1. The van der Waals surface area contributed by atoms with E-state index in [0.29, 0.717) is 6.42 Å². The van der Waals surface area contributed by atoms with E-state index in [1.807, 2.05) is 60.7 Å². The van der Waals surface area contributed by atoms with E-state index in [9.17, 15) is 4.79 Å². The Morgan fingerprint density at radius 2 is 1.42 bits per heavy atom. The number of carbonyl (C=O) groups is 1. The van der Waals surface area contributed by atoms with Crippen molar-refractivity contribution in [2.24, 2.45) is 0 Å². The molecular weight excluding hydrogens is 322 g/mol. The molecule has 0 unspecified atom stereocenters. The van der Waals surface area contributed by atoms with Crippen LogP contribution in [0.1, 0.15) is 29.6 Å². The zero-order valence-corrected chi connectivity index (χ0v) is 14.7. The SMILES string of the molecule is COc1ccc([C@H]2C(=O)C[C@H](c3ccccc3)N2c2ccccc2)cc1. The number of rotatable bonds is 4. The van der Waals surface area contributed by atoms with Crippen LogP contribution in [-0.4, -0.2) is 12.9 Å². The molecule has 26 heavy (non-hydrogen) atoms. The Morgan fingerprint density at radius 3 is 2.04 bits per heavy atom. The van der Waals surface area contributed by atoms with E-state index in [0.717, 1.165) is 17.0 Å². The van der Waals surface area contributed by atoms with Crippen molar-refractivity contribution in [3.63, 3.8) is 0 Å². The molecule has 0 amide bonds. The summed E-state index contributed by atoms with van der Waals surface area (Å²) in [5.41, 5.74) is 3.23.